The molecule has 0 radical (unpaired) electrons. The molecule has 1 heterocycles. The van der Waals surface area contributed by atoms with E-state index < -0.39 is 6.10 Å². The van der Waals surface area contributed by atoms with Crippen molar-refractivity contribution in [2.75, 3.05) is 6.61 Å². The molecule has 1 aromatic carbocycles. The lowest BCUT2D eigenvalue weighted by Crippen LogP contribution is -2.26. The van der Waals surface area contributed by atoms with E-state index in [1.807, 2.05) is 10.9 Å². The largest absolute Gasteiger partial charge is 0.389 e. The average molecular weight is 302 g/mol. The molecule has 0 unspecified atom stereocenters. The van der Waals surface area contributed by atoms with Crippen molar-refractivity contribution in [2.24, 2.45) is 0 Å². The van der Waals surface area contributed by atoms with Crippen molar-refractivity contribution in [1.82, 2.24) is 9.55 Å². The third kappa shape index (κ3) is 3.50. The number of rotatable bonds is 5. The van der Waals surface area contributed by atoms with Crippen LogP contribution in [0.1, 0.15) is 43.2 Å². The van der Waals surface area contributed by atoms with Gasteiger partial charge in [0.25, 0.3) is 0 Å². The maximum absolute atomic E-state index is 10.3. The van der Waals surface area contributed by atoms with Crippen LogP contribution in [0.5, 0.6) is 0 Å². The highest BCUT2D eigenvalue weighted by Gasteiger charge is 2.16. The van der Waals surface area contributed by atoms with Crippen molar-refractivity contribution in [2.45, 2.75) is 64.7 Å². The molecule has 22 heavy (non-hydrogen) atoms. The van der Waals surface area contributed by atoms with E-state index in [1.54, 1.807) is 0 Å². The molecule has 2 aromatic rings. The summed E-state index contributed by atoms with van der Waals surface area (Å²) in [4.78, 5) is 4.43. The molecule has 1 aliphatic carbocycles. The molecule has 0 spiro atoms. The standard InChI is InChI=1S/C18H26N2O2/c1-13-8-17-18(9-14(13)2)20(12-19-17)10-15(21)11-22-16-6-4-3-5-7-16/h8-9,12,15-16,21H,3-7,10-11H2,1-2H3/t15-/m1/s1. The molecule has 1 N–H and O–H groups in total. The number of nitrogens with zero attached hydrogens (tertiary/aromatic N) is 2. The maximum atomic E-state index is 10.3. The Labute approximate surface area is 132 Å². The number of hydrogen-bond acceptors (Lipinski definition) is 3. The molecule has 0 bridgehead atoms. The molecule has 1 aliphatic rings. The number of aliphatic hydroxyl groups excluding tert-OH is 1. The molecule has 1 saturated carbocycles. The normalized spacial score (nSPS) is 18.0. The second-order valence-corrected chi connectivity index (χ2v) is 6.57. The molecule has 1 atom stereocenters. The molecule has 0 amide bonds. The summed E-state index contributed by atoms with van der Waals surface area (Å²) < 4.78 is 7.89. The van der Waals surface area contributed by atoms with Crippen molar-refractivity contribution >= 4 is 11.0 Å². The van der Waals surface area contributed by atoms with Gasteiger partial charge in [-0.05, 0) is 49.9 Å². The van der Waals surface area contributed by atoms with E-state index in [2.05, 4.69) is 31.0 Å². The highest BCUT2D eigenvalue weighted by Crippen LogP contribution is 2.21. The fourth-order valence-electron chi connectivity index (χ4n) is 3.22. The molecule has 0 aliphatic heterocycles. The summed E-state index contributed by atoms with van der Waals surface area (Å²) in [5.41, 5.74) is 4.57. The average Bonchev–Trinajstić information content (AvgIpc) is 2.89. The Morgan fingerprint density at radius 1 is 1.23 bits per heavy atom. The minimum atomic E-state index is -0.485. The zero-order valence-corrected chi connectivity index (χ0v) is 13.6. The zero-order chi connectivity index (χ0) is 15.5. The summed E-state index contributed by atoms with van der Waals surface area (Å²) in [5.74, 6) is 0. The Kier molecular flexibility index (Phi) is 4.79. The number of hydrogen-bond donors (Lipinski definition) is 1. The Morgan fingerprint density at radius 2 is 1.95 bits per heavy atom. The number of ether oxygens (including phenoxy) is 1. The molecule has 0 saturated heterocycles. The van der Waals surface area contributed by atoms with Gasteiger partial charge in [-0.1, -0.05) is 19.3 Å². The summed E-state index contributed by atoms with van der Waals surface area (Å²) in [6, 6.07) is 4.25. The molecule has 1 aromatic heterocycles. The molecular weight excluding hydrogens is 276 g/mol. The van der Waals surface area contributed by atoms with E-state index in [9.17, 15) is 5.11 Å². The van der Waals surface area contributed by atoms with Gasteiger partial charge in [0.05, 0.1) is 42.7 Å². The quantitative estimate of drug-likeness (QED) is 0.921. The van der Waals surface area contributed by atoms with Crippen LogP contribution in [-0.4, -0.2) is 33.5 Å². The van der Waals surface area contributed by atoms with Crippen LogP contribution in [0.4, 0.5) is 0 Å². The Balaban J connectivity index is 1.61. The van der Waals surface area contributed by atoms with E-state index >= 15 is 0 Å². The smallest absolute Gasteiger partial charge is 0.0959 e. The van der Waals surface area contributed by atoms with Crippen molar-refractivity contribution in [3.8, 4) is 0 Å². The van der Waals surface area contributed by atoms with E-state index in [4.69, 9.17) is 4.74 Å². The maximum Gasteiger partial charge on any atom is 0.0959 e. The van der Waals surface area contributed by atoms with Gasteiger partial charge in [0, 0.05) is 0 Å². The minimum absolute atomic E-state index is 0.341. The van der Waals surface area contributed by atoms with Crippen LogP contribution in [0.2, 0.25) is 0 Å². The molecule has 120 valence electrons. The topological polar surface area (TPSA) is 47.3 Å². The predicted molar refractivity (Wildman–Crippen MR) is 88.0 cm³/mol. The number of aliphatic hydroxyl groups is 1. The lowest BCUT2D eigenvalue weighted by atomic mass is 9.98. The van der Waals surface area contributed by atoms with Crippen molar-refractivity contribution in [3.63, 3.8) is 0 Å². The van der Waals surface area contributed by atoms with E-state index in [-0.39, 0.29) is 0 Å². The lowest BCUT2D eigenvalue weighted by Gasteiger charge is -2.23. The fraction of sp³-hybridized carbons (Fsp3) is 0.611. The van der Waals surface area contributed by atoms with Gasteiger partial charge >= 0.3 is 0 Å². The molecule has 4 nitrogen and oxygen atoms in total. The first-order valence-corrected chi connectivity index (χ1v) is 8.35. The van der Waals surface area contributed by atoms with Crippen LogP contribution in [0.3, 0.4) is 0 Å². The van der Waals surface area contributed by atoms with Gasteiger partial charge in [0.2, 0.25) is 0 Å². The third-order valence-corrected chi connectivity index (χ3v) is 4.72. The molecule has 4 heteroatoms. The molecule has 3 rings (SSSR count). The van der Waals surface area contributed by atoms with Crippen LogP contribution in [0.15, 0.2) is 18.5 Å². The Morgan fingerprint density at radius 3 is 2.73 bits per heavy atom. The second-order valence-electron chi connectivity index (χ2n) is 6.57. The first-order chi connectivity index (χ1) is 10.6. The zero-order valence-electron chi connectivity index (χ0n) is 13.6. The van der Waals surface area contributed by atoms with Gasteiger partial charge in [0.15, 0.2) is 0 Å². The fourth-order valence-corrected chi connectivity index (χ4v) is 3.22. The van der Waals surface area contributed by atoms with E-state index in [1.165, 1.54) is 30.4 Å². The summed E-state index contributed by atoms with van der Waals surface area (Å²) in [7, 11) is 0. The van der Waals surface area contributed by atoms with Gasteiger partial charge in [0.1, 0.15) is 0 Å². The van der Waals surface area contributed by atoms with Crippen LogP contribution in [0.25, 0.3) is 11.0 Å². The highest BCUT2D eigenvalue weighted by molar-refractivity contribution is 5.77. The van der Waals surface area contributed by atoms with Crippen molar-refractivity contribution < 1.29 is 9.84 Å². The summed E-state index contributed by atoms with van der Waals surface area (Å²) in [6.45, 7) is 5.15. The van der Waals surface area contributed by atoms with Gasteiger partial charge in [-0.2, -0.15) is 0 Å². The molecule has 1 fully saturated rings. The van der Waals surface area contributed by atoms with Crippen LogP contribution in [-0.2, 0) is 11.3 Å². The van der Waals surface area contributed by atoms with Crippen LogP contribution >= 0.6 is 0 Å². The number of aryl methyl sites for hydroxylation is 2. The third-order valence-electron chi connectivity index (χ3n) is 4.72. The van der Waals surface area contributed by atoms with E-state index in [0.717, 1.165) is 23.9 Å². The SMILES string of the molecule is Cc1cc2ncn(C[C@@H](O)COC3CCCCC3)c2cc1C. The highest BCUT2D eigenvalue weighted by atomic mass is 16.5. The van der Waals surface area contributed by atoms with Gasteiger partial charge in [-0.3, -0.25) is 0 Å². The molecular formula is C18H26N2O2. The van der Waals surface area contributed by atoms with Crippen molar-refractivity contribution in [1.29, 1.82) is 0 Å². The second kappa shape index (κ2) is 6.80. The predicted octanol–water partition coefficient (Wildman–Crippen LogP) is 3.36. The summed E-state index contributed by atoms with van der Waals surface area (Å²) in [6.07, 6.45) is 7.78. The summed E-state index contributed by atoms with van der Waals surface area (Å²) >= 11 is 0. The van der Waals surface area contributed by atoms with Crippen molar-refractivity contribution in [3.05, 3.63) is 29.6 Å². The van der Waals surface area contributed by atoms with Crippen LogP contribution in [0, 0.1) is 13.8 Å². The first kappa shape index (κ1) is 15.5. The Bertz CT molecular complexity index is 629. The number of imidazole rings is 1. The Hall–Kier alpha value is -1.39. The monoisotopic (exact) mass is 302 g/mol. The first-order valence-electron chi connectivity index (χ1n) is 8.35. The van der Waals surface area contributed by atoms with Crippen LogP contribution < -0.4 is 0 Å². The van der Waals surface area contributed by atoms with Gasteiger partial charge in [-0.15, -0.1) is 0 Å². The van der Waals surface area contributed by atoms with E-state index in [0.29, 0.717) is 19.3 Å². The van der Waals surface area contributed by atoms with Gasteiger partial charge in [-0.25, -0.2) is 4.98 Å². The lowest BCUT2D eigenvalue weighted by molar-refractivity contribution is -0.0280. The number of aromatic nitrogens is 2. The number of fused-ring (bicyclic) bond motifs is 1. The summed E-state index contributed by atoms with van der Waals surface area (Å²) in [5, 5.41) is 10.3. The number of benzene rings is 1. The minimum Gasteiger partial charge on any atom is -0.389 e. The van der Waals surface area contributed by atoms with Gasteiger partial charge < -0.3 is 14.4 Å².